The number of anilines is 1. The minimum absolute atomic E-state index is 0.0227. The molecule has 0 saturated carbocycles. The number of H-pyrrole nitrogens is 1. The monoisotopic (exact) mass is 550 g/mol. The number of nitrogens with one attached hydrogen (secondary N) is 2. The third-order valence-corrected chi connectivity index (χ3v) is 6.16. The number of pyridine rings is 1. The number of hydrogen-bond acceptors (Lipinski definition) is 5. The van der Waals surface area contributed by atoms with Gasteiger partial charge in [0.1, 0.15) is 5.69 Å². The number of halogens is 6. The van der Waals surface area contributed by atoms with Crippen molar-refractivity contribution in [3.63, 3.8) is 0 Å². The Hall–Kier alpha value is -4.16. The molecule has 0 amide bonds. The number of alkyl halides is 6. The highest BCUT2D eigenvalue weighted by Crippen LogP contribution is 2.37. The molecule has 206 valence electrons. The van der Waals surface area contributed by atoms with E-state index >= 15 is 0 Å². The van der Waals surface area contributed by atoms with E-state index in [1.807, 2.05) is 6.92 Å². The molecule has 4 rings (SSSR count). The molecule has 2 aromatic heterocycles. The van der Waals surface area contributed by atoms with Crippen LogP contribution in [0.2, 0.25) is 0 Å². The van der Waals surface area contributed by atoms with Crippen molar-refractivity contribution in [1.29, 1.82) is 0 Å². The molecular formula is C26H24F6N6O. The number of aryl methyl sites for hydroxylation is 2. The van der Waals surface area contributed by atoms with Crippen LogP contribution in [0.4, 0.5) is 32.0 Å². The molecule has 0 saturated heterocycles. The third-order valence-electron chi connectivity index (χ3n) is 6.16. The average Bonchev–Trinajstić information content (AvgIpc) is 3.41. The largest absolute Gasteiger partial charge is 0.417 e. The van der Waals surface area contributed by atoms with Crippen LogP contribution in [-0.4, -0.2) is 43.6 Å². The van der Waals surface area contributed by atoms with E-state index in [1.165, 1.54) is 22.9 Å². The molecule has 0 spiro atoms. The maximum absolute atomic E-state index is 13.8. The number of hydrogen-bond donors (Lipinski definition) is 2. The second-order valence-corrected chi connectivity index (χ2v) is 8.90. The molecule has 0 radical (unpaired) electrons. The third kappa shape index (κ3) is 5.81. The molecule has 13 heteroatoms. The molecule has 0 aliphatic heterocycles. The van der Waals surface area contributed by atoms with Crippen molar-refractivity contribution in [1.82, 2.24) is 25.2 Å². The lowest BCUT2D eigenvalue weighted by Gasteiger charge is -2.26. The van der Waals surface area contributed by atoms with Gasteiger partial charge in [0.2, 0.25) is 11.9 Å². The normalized spacial score (nSPS) is 12.2. The Morgan fingerprint density at radius 2 is 1.56 bits per heavy atom. The van der Waals surface area contributed by atoms with Crippen LogP contribution in [0.25, 0.3) is 28.2 Å². The van der Waals surface area contributed by atoms with Crippen LogP contribution in [0.15, 0.2) is 59.4 Å². The number of aromatic amines is 1. The predicted octanol–water partition coefficient (Wildman–Crippen LogP) is 6.24. The van der Waals surface area contributed by atoms with Gasteiger partial charge < -0.3 is 5.32 Å². The fraction of sp³-hybridized carbons (Fsp3) is 0.308. The molecule has 0 fully saturated rings. The zero-order valence-electron chi connectivity index (χ0n) is 20.9. The van der Waals surface area contributed by atoms with Gasteiger partial charge in [-0.1, -0.05) is 55.8 Å². The van der Waals surface area contributed by atoms with Gasteiger partial charge in [0.05, 0.1) is 5.69 Å². The van der Waals surface area contributed by atoms with Gasteiger partial charge >= 0.3 is 12.4 Å². The van der Waals surface area contributed by atoms with E-state index in [2.05, 4.69) is 20.6 Å². The lowest BCUT2D eigenvalue weighted by atomic mass is 9.97. The number of benzene rings is 2. The summed E-state index contributed by atoms with van der Waals surface area (Å²) in [6.07, 6.45) is -9.59. The van der Waals surface area contributed by atoms with E-state index in [4.69, 9.17) is 0 Å². The van der Waals surface area contributed by atoms with Crippen LogP contribution >= 0.6 is 0 Å². The Kier molecular flexibility index (Phi) is 7.79. The zero-order chi connectivity index (χ0) is 28.4. The van der Waals surface area contributed by atoms with Crippen LogP contribution < -0.4 is 10.9 Å². The number of unbranched alkanes of at least 4 members (excludes halogenated alkanes) is 1. The van der Waals surface area contributed by atoms with Gasteiger partial charge in [-0.25, -0.2) is 0 Å². The first-order valence-electron chi connectivity index (χ1n) is 12.0. The Balaban J connectivity index is 1.97. The first kappa shape index (κ1) is 27.9. The van der Waals surface area contributed by atoms with Crippen LogP contribution in [0.5, 0.6) is 0 Å². The van der Waals surface area contributed by atoms with E-state index in [9.17, 15) is 31.1 Å². The van der Waals surface area contributed by atoms with Crippen LogP contribution in [0, 0.1) is 6.92 Å². The maximum Gasteiger partial charge on any atom is 0.417 e. The second kappa shape index (κ2) is 10.9. The summed E-state index contributed by atoms with van der Waals surface area (Å²) in [4.78, 5) is 13.8. The summed E-state index contributed by atoms with van der Waals surface area (Å²) >= 11 is 0. The highest BCUT2D eigenvalue weighted by atomic mass is 19.4. The predicted molar refractivity (Wildman–Crippen MR) is 134 cm³/mol. The number of nitrogens with zero attached hydrogens (tertiary/aromatic N) is 4. The van der Waals surface area contributed by atoms with Gasteiger partial charge in [0.25, 0.3) is 5.56 Å². The molecule has 0 aliphatic rings. The average molecular weight is 551 g/mol. The van der Waals surface area contributed by atoms with E-state index < -0.39 is 29.6 Å². The molecular weight excluding hydrogens is 526 g/mol. The lowest BCUT2D eigenvalue weighted by Crippen LogP contribution is -2.49. The van der Waals surface area contributed by atoms with Gasteiger partial charge in [0.15, 0.2) is 0 Å². The summed E-state index contributed by atoms with van der Waals surface area (Å²) in [7, 11) is 0. The van der Waals surface area contributed by atoms with Crippen LogP contribution in [0.3, 0.4) is 0 Å². The summed E-state index contributed by atoms with van der Waals surface area (Å²) in [5, 5.41) is 15.5. The van der Waals surface area contributed by atoms with Gasteiger partial charge in [-0.05, 0) is 48.2 Å². The number of para-hydroxylation sites is 1. The van der Waals surface area contributed by atoms with Gasteiger partial charge in [-0.2, -0.15) is 31.6 Å². The van der Waals surface area contributed by atoms with Gasteiger partial charge in [-0.3, -0.25) is 9.36 Å². The van der Waals surface area contributed by atoms with E-state index in [-0.39, 0.29) is 17.1 Å². The summed E-state index contributed by atoms with van der Waals surface area (Å²) in [5.41, 5.74) is 0.539. The molecule has 7 nitrogen and oxygen atoms in total. The lowest BCUT2D eigenvalue weighted by molar-refractivity contribution is -0.242. The van der Waals surface area contributed by atoms with Crippen molar-refractivity contribution in [2.24, 2.45) is 0 Å². The molecule has 0 unspecified atom stereocenters. The Morgan fingerprint density at radius 3 is 2.15 bits per heavy atom. The number of tetrazole rings is 1. The molecule has 4 aromatic rings. The van der Waals surface area contributed by atoms with E-state index in [0.29, 0.717) is 35.2 Å². The molecule has 2 heterocycles. The number of rotatable bonds is 8. The minimum Gasteiger partial charge on any atom is -0.362 e. The quantitative estimate of drug-likeness (QED) is 0.254. The first-order chi connectivity index (χ1) is 18.4. The highest BCUT2D eigenvalue weighted by molar-refractivity contribution is 5.85. The Bertz CT molecular complexity index is 1480. The van der Waals surface area contributed by atoms with E-state index in [1.54, 1.807) is 48.5 Å². The van der Waals surface area contributed by atoms with Gasteiger partial charge in [0, 0.05) is 16.8 Å². The Labute approximate surface area is 218 Å². The van der Waals surface area contributed by atoms with Crippen LogP contribution in [0.1, 0.15) is 31.0 Å². The summed E-state index contributed by atoms with van der Waals surface area (Å²) in [6.45, 7) is 3.24. The molecule has 0 bridgehead atoms. The topological polar surface area (TPSA) is 88.5 Å². The molecule has 0 aliphatic carbocycles. The molecule has 2 aromatic carbocycles. The number of aromatic nitrogens is 5. The van der Waals surface area contributed by atoms with Crippen molar-refractivity contribution in [2.75, 3.05) is 5.32 Å². The van der Waals surface area contributed by atoms with Crippen molar-refractivity contribution in [2.45, 2.75) is 51.5 Å². The zero-order valence-corrected chi connectivity index (χ0v) is 20.9. The van der Waals surface area contributed by atoms with Gasteiger partial charge in [-0.15, -0.1) is 10.2 Å². The second-order valence-electron chi connectivity index (χ2n) is 8.90. The molecule has 0 atom stereocenters. The molecule has 39 heavy (non-hydrogen) atoms. The smallest absolute Gasteiger partial charge is 0.362 e. The fourth-order valence-electron chi connectivity index (χ4n) is 4.36. The van der Waals surface area contributed by atoms with Crippen molar-refractivity contribution in [3.8, 4) is 28.2 Å². The summed E-state index contributed by atoms with van der Waals surface area (Å²) in [5.74, 6) is 0.267. The Morgan fingerprint density at radius 1 is 0.949 bits per heavy atom. The maximum atomic E-state index is 13.8. The SMILES string of the molecule is CCCCc1cc(C)c(NC(C(F)(F)F)C(F)(F)F)c(=O)n1-c1ccccc1-c1ccccc1-c1nn[nH]n1. The highest BCUT2D eigenvalue weighted by Gasteiger charge is 2.57. The summed E-state index contributed by atoms with van der Waals surface area (Å²) < 4.78 is 81.5. The fourth-order valence-corrected chi connectivity index (χ4v) is 4.36. The molecule has 2 N–H and O–H groups in total. The van der Waals surface area contributed by atoms with Crippen molar-refractivity contribution in [3.05, 3.63) is 76.2 Å². The van der Waals surface area contributed by atoms with Crippen molar-refractivity contribution < 1.29 is 26.3 Å². The first-order valence-corrected chi connectivity index (χ1v) is 12.0. The van der Waals surface area contributed by atoms with Crippen molar-refractivity contribution >= 4 is 5.69 Å². The summed E-state index contributed by atoms with van der Waals surface area (Å²) in [6, 6.07) is 11.1. The standard InChI is InChI=1S/C26H24F6N6O/c1-3-4-9-16-14-15(2)21(33-24(25(27,28)29)26(30,31)32)23(39)38(16)20-13-8-7-11-18(20)17-10-5-6-12-19(17)22-34-36-37-35-22/h5-8,10-14,24,33H,3-4,9H2,1-2H3,(H,34,35,36,37). The van der Waals surface area contributed by atoms with Crippen LogP contribution in [-0.2, 0) is 6.42 Å². The minimum atomic E-state index is -5.68. The van der Waals surface area contributed by atoms with E-state index in [0.717, 1.165) is 6.42 Å².